The zero-order valence-electron chi connectivity index (χ0n) is 10.6. The maximum Gasteiger partial charge on any atom is 0.244 e. The van der Waals surface area contributed by atoms with E-state index < -0.39 is 0 Å². The Balaban J connectivity index is 2.01. The first-order chi connectivity index (χ1) is 8.22. The molecule has 2 rings (SSSR count). The molecule has 0 spiro atoms. The molecule has 1 saturated heterocycles. The van der Waals surface area contributed by atoms with Gasteiger partial charge in [-0.2, -0.15) is 0 Å². The molecule has 17 heavy (non-hydrogen) atoms. The number of aryl methyl sites for hydroxylation is 1. The largest absolute Gasteiger partial charge is 0.338 e. The number of piperidine rings is 1. The van der Waals surface area contributed by atoms with E-state index in [9.17, 15) is 4.79 Å². The van der Waals surface area contributed by atoms with Crippen LogP contribution in [0.25, 0.3) is 0 Å². The highest BCUT2D eigenvalue weighted by atomic mass is 16.2. The molecule has 1 fully saturated rings. The standard InChI is InChI=1S/C12H20N4O/c1-3-11-6-4-5-7-15(11)12(17)9-16-10(2)8-13-14-16/h8,11H,3-7,9H2,1-2H3. The maximum absolute atomic E-state index is 12.2. The molecular weight excluding hydrogens is 216 g/mol. The van der Waals surface area contributed by atoms with Crippen molar-refractivity contribution in [1.29, 1.82) is 0 Å². The van der Waals surface area contributed by atoms with Gasteiger partial charge in [0.1, 0.15) is 6.54 Å². The second-order valence-corrected chi connectivity index (χ2v) is 4.68. The van der Waals surface area contributed by atoms with Crippen molar-refractivity contribution in [2.24, 2.45) is 0 Å². The SMILES string of the molecule is CCC1CCCCN1C(=O)Cn1nncc1C. The molecule has 1 aliphatic heterocycles. The van der Waals surface area contributed by atoms with Gasteiger partial charge in [-0.25, -0.2) is 4.68 Å². The molecule has 0 aromatic carbocycles. The van der Waals surface area contributed by atoms with Gasteiger partial charge in [0.25, 0.3) is 0 Å². The van der Waals surface area contributed by atoms with Crippen molar-refractivity contribution in [3.63, 3.8) is 0 Å². The third kappa shape index (κ3) is 2.65. The van der Waals surface area contributed by atoms with Crippen LogP contribution in [0, 0.1) is 6.92 Å². The molecule has 1 aromatic heterocycles. The summed E-state index contributed by atoms with van der Waals surface area (Å²) in [6.45, 7) is 5.28. The van der Waals surface area contributed by atoms with E-state index in [1.54, 1.807) is 10.9 Å². The predicted molar refractivity (Wildman–Crippen MR) is 64.4 cm³/mol. The smallest absolute Gasteiger partial charge is 0.244 e. The van der Waals surface area contributed by atoms with Crippen LogP contribution in [0.3, 0.4) is 0 Å². The lowest BCUT2D eigenvalue weighted by Gasteiger charge is -2.35. The molecule has 1 aliphatic rings. The number of likely N-dealkylation sites (tertiary alicyclic amines) is 1. The topological polar surface area (TPSA) is 51.0 Å². The molecule has 2 heterocycles. The summed E-state index contributed by atoms with van der Waals surface area (Å²) in [7, 11) is 0. The van der Waals surface area contributed by atoms with Crippen LogP contribution in [-0.4, -0.2) is 38.4 Å². The second kappa shape index (κ2) is 5.29. The van der Waals surface area contributed by atoms with Gasteiger partial charge in [0.05, 0.1) is 11.9 Å². The van der Waals surface area contributed by atoms with Crippen LogP contribution >= 0.6 is 0 Å². The fourth-order valence-electron chi connectivity index (χ4n) is 2.44. The zero-order valence-corrected chi connectivity index (χ0v) is 10.6. The van der Waals surface area contributed by atoms with Gasteiger partial charge in [0.15, 0.2) is 0 Å². The Morgan fingerprint density at radius 3 is 3.00 bits per heavy atom. The van der Waals surface area contributed by atoms with Gasteiger partial charge in [-0.05, 0) is 32.6 Å². The monoisotopic (exact) mass is 236 g/mol. The minimum Gasteiger partial charge on any atom is -0.338 e. The lowest BCUT2D eigenvalue weighted by molar-refractivity contribution is -0.135. The van der Waals surface area contributed by atoms with Gasteiger partial charge in [0, 0.05) is 12.6 Å². The van der Waals surface area contributed by atoms with Crippen molar-refractivity contribution in [3.05, 3.63) is 11.9 Å². The Bertz CT molecular complexity index is 388. The van der Waals surface area contributed by atoms with E-state index in [2.05, 4.69) is 17.2 Å². The van der Waals surface area contributed by atoms with Crippen molar-refractivity contribution < 1.29 is 4.79 Å². The normalized spacial score (nSPS) is 20.6. The maximum atomic E-state index is 12.2. The van der Waals surface area contributed by atoms with Crippen LogP contribution in [0.15, 0.2) is 6.20 Å². The Labute approximate surface area is 102 Å². The number of carbonyl (C=O) groups excluding carboxylic acids is 1. The van der Waals surface area contributed by atoms with Gasteiger partial charge >= 0.3 is 0 Å². The summed E-state index contributed by atoms with van der Waals surface area (Å²) in [5.41, 5.74) is 0.934. The van der Waals surface area contributed by atoms with Crippen LogP contribution in [-0.2, 0) is 11.3 Å². The van der Waals surface area contributed by atoms with Gasteiger partial charge in [-0.1, -0.05) is 12.1 Å². The summed E-state index contributed by atoms with van der Waals surface area (Å²) in [5.74, 6) is 0.171. The lowest BCUT2D eigenvalue weighted by atomic mass is 10.00. The van der Waals surface area contributed by atoms with Crippen molar-refractivity contribution in [3.8, 4) is 0 Å². The Kier molecular flexibility index (Phi) is 3.76. The number of amides is 1. The van der Waals surface area contributed by atoms with Gasteiger partial charge < -0.3 is 4.90 Å². The van der Waals surface area contributed by atoms with E-state index in [1.165, 1.54) is 6.42 Å². The summed E-state index contributed by atoms with van der Waals surface area (Å²) in [4.78, 5) is 14.2. The van der Waals surface area contributed by atoms with E-state index in [0.29, 0.717) is 12.6 Å². The van der Waals surface area contributed by atoms with E-state index in [0.717, 1.165) is 31.5 Å². The lowest BCUT2D eigenvalue weighted by Crippen LogP contribution is -2.45. The number of hydrogen-bond donors (Lipinski definition) is 0. The first-order valence-corrected chi connectivity index (χ1v) is 6.37. The predicted octanol–water partition coefficient (Wildman–Crippen LogP) is 1.38. The number of nitrogens with zero attached hydrogens (tertiary/aromatic N) is 4. The summed E-state index contributed by atoms with van der Waals surface area (Å²) in [6, 6.07) is 0.417. The number of hydrogen-bond acceptors (Lipinski definition) is 3. The van der Waals surface area contributed by atoms with E-state index in [4.69, 9.17) is 0 Å². The van der Waals surface area contributed by atoms with Gasteiger partial charge in [0.2, 0.25) is 5.91 Å². The molecule has 0 N–H and O–H groups in total. The van der Waals surface area contributed by atoms with E-state index in [-0.39, 0.29) is 5.91 Å². The molecule has 1 unspecified atom stereocenters. The summed E-state index contributed by atoms with van der Waals surface area (Å²) >= 11 is 0. The molecule has 5 heteroatoms. The first kappa shape index (κ1) is 12.1. The first-order valence-electron chi connectivity index (χ1n) is 6.37. The van der Waals surface area contributed by atoms with Crippen LogP contribution in [0.5, 0.6) is 0 Å². The van der Waals surface area contributed by atoms with Crippen molar-refractivity contribution in [1.82, 2.24) is 19.9 Å². The van der Waals surface area contributed by atoms with Crippen LogP contribution in [0.1, 0.15) is 38.3 Å². The van der Waals surface area contributed by atoms with Crippen LogP contribution in [0.4, 0.5) is 0 Å². The van der Waals surface area contributed by atoms with Crippen molar-refractivity contribution in [2.45, 2.75) is 52.1 Å². The highest BCUT2D eigenvalue weighted by Gasteiger charge is 2.25. The molecule has 0 aliphatic carbocycles. The number of carbonyl (C=O) groups is 1. The third-order valence-corrected chi connectivity index (χ3v) is 3.52. The molecule has 1 aromatic rings. The molecule has 0 saturated carbocycles. The Morgan fingerprint density at radius 1 is 1.53 bits per heavy atom. The Morgan fingerprint density at radius 2 is 2.35 bits per heavy atom. The third-order valence-electron chi connectivity index (χ3n) is 3.52. The molecule has 1 amide bonds. The molecule has 1 atom stereocenters. The molecule has 0 bridgehead atoms. The molecule has 0 radical (unpaired) electrons. The fraction of sp³-hybridized carbons (Fsp3) is 0.750. The molecule has 94 valence electrons. The average Bonchev–Trinajstić information content (AvgIpc) is 2.75. The summed E-state index contributed by atoms with van der Waals surface area (Å²) in [6.07, 6.45) is 6.23. The summed E-state index contributed by atoms with van der Waals surface area (Å²) < 4.78 is 1.67. The highest BCUT2D eigenvalue weighted by Crippen LogP contribution is 2.19. The van der Waals surface area contributed by atoms with Gasteiger partial charge in [-0.3, -0.25) is 4.79 Å². The minimum atomic E-state index is 0.171. The average molecular weight is 236 g/mol. The zero-order chi connectivity index (χ0) is 12.3. The van der Waals surface area contributed by atoms with Crippen molar-refractivity contribution in [2.75, 3.05) is 6.54 Å². The molecule has 5 nitrogen and oxygen atoms in total. The summed E-state index contributed by atoms with van der Waals surface area (Å²) in [5, 5.41) is 7.72. The number of aromatic nitrogens is 3. The van der Waals surface area contributed by atoms with E-state index >= 15 is 0 Å². The van der Waals surface area contributed by atoms with Crippen molar-refractivity contribution >= 4 is 5.91 Å². The minimum absolute atomic E-state index is 0.171. The van der Waals surface area contributed by atoms with Gasteiger partial charge in [-0.15, -0.1) is 5.10 Å². The Hall–Kier alpha value is -1.39. The highest BCUT2D eigenvalue weighted by molar-refractivity contribution is 5.76. The molecular formula is C12H20N4O. The fourth-order valence-corrected chi connectivity index (χ4v) is 2.44. The van der Waals surface area contributed by atoms with E-state index in [1.807, 2.05) is 11.8 Å². The quantitative estimate of drug-likeness (QED) is 0.796. The number of rotatable bonds is 3. The second-order valence-electron chi connectivity index (χ2n) is 4.68. The van der Waals surface area contributed by atoms with Crippen LogP contribution in [0.2, 0.25) is 0 Å². The van der Waals surface area contributed by atoms with Crippen LogP contribution < -0.4 is 0 Å².